The molecule has 2 aliphatic rings. The van der Waals surface area contributed by atoms with Crippen molar-refractivity contribution in [3.8, 4) is 18.1 Å². The van der Waals surface area contributed by atoms with E-state index < -0.39 is 16.6 Å². The summed E-state index contributed by atoms with van der Waals surface area (Å²) in [4.78, 5) is 15.3. The fraction of sp³-hybridized carbons (Fsp3) is 0.500. The summed E-state index contributed by atoms with van der Waals surface area (Å²) in [5.41, 5.74) is 2.36. The molecule has 4 rings (SSSR count). The number of hydrogen-bond donors (Lipinski definition) is 2. The van der Waals surface area contributed by atoms with Crippen LogP contribution in [0.3, 0.4) is 0 Å². The molecule has 0 aromatic heterocycles. The number of terminal acetylenes is 1. The highest BCUT2D eigenvalue weighted by Crippen LogP contribution is 2.45. The van der Waals surface area contributed by atoms with Gasteiger partial charge in [0.15, 0.2) is 0 Å². The summed E-state index contributed by atoms with van der Waals surface area (Å²) in [5, 5.41) is 11.9. The van der Waals surface area contributed by atoms with Crippen molar-refractivity contribution in [2.45, 2.75) is 76.6 Å². The third-order valence-electron chi connectivity index (χ3n) is 8.40. The number of amides is 1. The van der Waals surface area contributed by atoms with Crippen LogP contribution < -0.4 is 14.4 Å². The Hall–Kier alpha value is -2.79. The molecule has 42 heavy (non-hydrogen) atoms. The standard InChI is InChI=1S/C34H43ClN2O4S/c1-6-9-17-34(39,8-3)30-15-11-26(30)20-37-21-27(29-14-13-28(35)18-24(29)10-7-2)22-41-32-16-12-25(19-31(32)37)33(38)36-42(40)23(4)5/h3,9,12-14,16-19,23,26-27,30,39H,6-7,10-11,15,20-22H2,1-2,4-5H3,(H,36,38)/b17-9+. The van der Waals surface area contributed by atoms with Gasteiger partial charge in [0.25, 0.3) is 5.91 Å². The molecule has 1 aliphatic carbocycles. The molecule has 1 amide bonds. The van der Waals surface area contributed by atoms with E-state index in [0.717, 1.165) is 42.8 Å². The third kappa shape index (κ3) is 7.22. The lowest BCUT2D eigenvalue weighted by Crippen LogP contribution is -2.49. The number of halogens is 1. The molecule has 8 heteroatoms. The van der Waals surface area contributed by atoms with Crippen LogP contribution in [-0.2, 0) is 17.4 Å². The summed E-state index contributed by atoms with van der Waals surface area (Å²) < 4.78 is 21.4. The average molecular weight is 611 g/mol. The highest BCUT2D eigenvalue weighted by Gasteiger charge is 2.45. The van der Waals surface area contributed by atoms with Gasteiger partial charge in [0.1, 0.15) is 22.3 Å². The zero-order chi connectivity index (χ0) is 30.4. The number of allylic oxidation sites excluding steroid dienone is 1. The Labute approximate surface area is 258 Å². The first-order valence-corrected chi connectivity index (χ1v) is 16.6. The molecular formula is C34H43ClN2O4S. The lowest BCUT2D eigenvalue weighted by Gasteiger charge is -2.46. The predicted molar refractivity (Wildman–Crippen MR) is 173 cm³/mol. The number of aryl methyl sites for hydroxylation is 1. The minimum atomic E-state index is -1.48. The Morgan fingerprint density at radius 2 is 2.07 bits per heavy atom. The van der Waals surface area contributed by atoms with Crippen LogP contribution in [0.1, 0.15) is 80.8 Å². The SMILES string of the molecule is C#CC(O)(/C=C/CC)C1CCC1CN1CC(c2ccc(Cl)cc2CCC)COc2ccc(C(=O)NS(=O)C(C)C)cc21. The van der Waals surface area contributed by atoms with E-state index in [1.165, 1.54) is 11.1 Å². The number of benzene rings is 2. The van der Waals surface area contributed by atoms with Gasteiger partial charge in [0.05, 0.1) is 12.3 Å². The highest BCUT2D eigenvalue weighted by molar-refractivity contribution is 7.84. The molecule has 5 unspecified atom stereocenters. The van der Waals surface area contributed by atoms with E-state index in [9.17, 15) is 14.1 Å². The zero-order valence-electron chi connectivity index (χ0n) is 25.1. The van der Waals surface area contributed by atoms with Crippen molar-refractivity contribution in [2.75, 3.05) is 24.6 Å². The monoisotopic (exact) mass is 610 g/mol. The van der Waals surface area contributed by atoms with Crippen molar-refractivity contribution in [3.05, 3.63) is 70.3 Å². The van der Waals surface area contributed by atoms with E-state index >= 15 is 0 Å². The third-order valence-corrected chi connectivity index (χ3v) is 9.88. The Bertz CT molecular complexity index is 1370. The van der Waals surface area contributed by atoms with Crippen LogP contribution in [0.4, 0.5) is 5.69 Å². The van der Waals surface area contributed by atoms with E-state index in [4.69, 9.17) is 22.8 Å². The molecule has 5 atom stereocenters. The molecular weight excluding hydrogens is 568 g/mol. The van der Waals surface area contributed by atoms with Crippen LogP contribution in [0.5, 0.6) is 5.75 Å². The second kappa shape index (κ2) is 14.1. The molecule has 6 nitrogen and oxygen atoms in total. The van der Waals surface area contributed by atoms with Gasteiger partial charge in [-0.05, 0) is 93.0 Å². The van der Waals surface area contributed by atoms with Gasteiger partial charge in [-0.1, -0.05) is 49.9 Å². The number of rotatable bonds is 11. The first kappa shape index (κ1) is 32.1. The van der Waals surface area contributed by atoms with Crippen molar-refractivity contribution in [1.29, 1.82) is 0 Å². The molecule has 226 valence electrons. The molecule has 1 heterocycles. The van der Waals surface area contributed by atoms with Gasteiger partial charge in [0, 0.05) is 40.8 Å². The summed E-state index contributed by atoms with van der Waals surface area (Å²) in [6.07, 6.45) is 14.1. The van der Waals surface area contributed by atoms with Gasteiger partial charge in [-0.3, -0.25) is 9.52 Å². The summed E-state index contributed by atoms with van der Waals surface area (Å²) >= 11 is 6.39. The van der Waals surface area contributed by atoms with Crippen molar-refractivity contribution >= 4 is 34.2 Å². The number of anilines is 1. The smallest absolute Gasteiger partial charge is 0.263 e. The number of nitrogens with one attached hydrogen (secondary N) is 1. The second-order valence-electron chi connectivity index (χ2n) is 11.7. The fourth-order valence-corrected chi connectivity index (χ4v) is 6.68. The maximum Gasteiger partial charge on any atom is 0.263 e. The molecule has 2 N–H and O–H groups in total. The van der Waals surface area contributed by atoms with Gasteiger partial charge in [-0.15, -0.1) is 6.42 Å². The Balaban J connectivity index is 1.70. The molecule has 1 saturated carbocycles. The van der Waals surface area contributed by atoms with Crippen molar-refractivity contribution in [2.24, 2.45) is 11.8 Å². The highest BCUT2D eigenvalue weighted by atomic mass is 35.5. The first-order valence-electron chi connectivity index (χ1n) is 15.0. The van der Waals surface area contributed by atoms with E-state index in [0.29, 0.717) is 31.0 Å². The minimum Gasteiger partial charge on any atom is -0.491 e. The van der Waals surface area contributed by atoms with E-state index in [1.807, 2.05) is 31.2 Å². The van der Waals surface area contributed by atoms with Crippen LogP contribution in [0.15, 0.2) is 48.6 Å². The summed E-state index contributed by atoms with van der Waals surface area (Å²) in [6, 6.07) is 11.5. The predicted octanol–water partition coefficient (Wildman–Crippen LogP) is 6.43. The van der Waals surface area contributed by atoms with Gasteiger partial charge in [-0.2, -0.15) is 0 Å². The number of carbonyl (C=O) groups excluding carboxylic acids is 1. The van der Waals surface area contributed by atoms with Crippen molar-refractivity contribution in [1.82, 2.24) is 4.72 Å². The number of hydrogen-bond acceptors (Lipinski definition) is 5. The minimum absolute atomic E-state index is 0.0620. The van der Waals surface area contributed by atoms with E-state index in [-0.39, 0.29) is 28.9 Å². The maximum atomic E-state index is 13.0. The summed E-state index contributed by atoms with van der Waals surface area (Å²) in [7, 11) is -1.48. The first-order chi connectivity index (χ1) is 20.1. The van der Waals surface area contributed by atoms with E-state index in [2.05, 4.69) is 34.6 Å². The molecule has 1 fully saturated rings. The quantitative estimate of drug-likeness (QED) is 0.226. The van der Waals surface area contributed by atoms with Crippen molar-refractivity contribution in [3.63, 3.8) is 0 Å². The number of nitrogens with zero attached hydrogens (tertiary/aromatic N) is 1. The fourth-order valence-electron chi connectivity index (χ4n) is 5.95. The molecule has 0 radical (unpaired) electrons. The lowest BCUT2D eigenvalue weighted by atomic mass is 9.64. The Kier molecular flexibility index (Phi) is 10.8. The molecule has 2 aromatic rings. The molecule has 1 aliphatic heterocycles. The van der Waals surface area contributed by atoms with Crippen molar-refractivity contribution < 1.29 is 18.8 Å². The topological polar surface area (TPSA) is 78.9 Å². The maximum absolute atomic E-state index is 13.0. The lowest BCUT2D eigenvalue weighted by molar-refractivity contribution is -0.00275. The van der Waals surface area contributed by atoms with Crippen LogP contribution in [-0.4, -0.2) is 45.8 Å². The van der Waals surface area contributed by atoms with Gasteiger partial charge >= 0.3 is 0 Å². The Morgan fingerprint density at radius 3 is 2.71 bits per heavy atom. The normalized spacial score (nSPS) is 22.3. The summed E-state index contributed by atoms with van der Waals surface area (Å²) in [6.45, 7) is 9.58. The Morgan fingerprint density at radius 1 is 1.29 bits per heavy atom. The molecule has 2 aromatic carbocycles. The number of ether oxygens (including phenoxy) is 1. The zero-order valence-corrected chi connectivity index (χ0v) is 26.6. The average Bonchev–Trinajstić information content (AvgIpc) is 3.13. The van der Waals surface area contributed by atoms with Crippen LogP contribution in [0.25, 0.3) is 0 Å². The second-order valence-corrected chi connectivity index (χ2v) is 13.9. The largest absolute Gasteiger partial charge is 0.491 e. The van der Waals surface area contributed by atoms with Gasteiger partial charge < -0.3 is 14.7 Å². The number of carbonyl (C=O) groups is 1. The van der Waals surface area contributed by atoms with Gasteiger partial charge in [-0.25, -0.2) is 4.21 Å². The van der Waals surface area contributed by atoms with Crippen LogP contribution in [0, 0.1) is 24.2 Å². The number of fused-ring (bicyclic) bond motifs is 1. The molecule has 0 spiro atoms. The van der Waals surface area contributed by atoms with E-state index in [1.54, 1.807) is 26.0 Å². The van der Waals surface area contributed by atoms with Crippen LogP contribution >= 0.6 is 11.6 Å². The summed E-state index contributed by atoms with van der Waals surface area (Å²) in [5.74, 6) is 3.12. The number of aliphatic hydroxyl groups is 1. The van der Waals surface area contributed by atoms with Gasteiger partial charge in [0.2, 0.25) is 0 Å². The molecule has 0 saturated heterocycles. The molecule has 0 bridgehead atoms. The van der Waals surface area contributed by atoms with Crippen LogP contribution in [0.2, 0.25) is 5.02 Å².